The maximum Gasteiger partial charge on any atom is 0.289 e. The molecule has 0 saturated heterocycles. The van der Waals surface area contributed by atoms with Crippen LogP contribution in [0, 0.1) is 25.2 Å². The molecule has 0 amide bonds. The predicted octanol–water partition coefficient (Wildman–Crippen LogP) is 2.62. The molecule has 1 aromatic heterocycles. The summed E-state index contributed by atoms with van der Waals surface area (Å²) in [5, 5.41) is 13.2. The third-order valence-electron chi connectivity index (χ3n) is 3.19. The van der Waals surface area contributed by atoms with Crippen LogP contribution in [0.15, 0.2) is 40.2 Å². The van der Waals surface area contributed by atoms with Crippen LogP contribution in [0.1, 0.15) is 29.3 Å². The summed E-state index contributed by atoms with van der Waals surface area (Å²) in [6.45, 7) is 6.07. The Morgan fingerprint density at radius 3 is 2.59 bits per heavy atom. The van der Waals surface area contributed by atoms with Gasteiger partial charge in [-0.3, -0.25) is 4.79 Å². The van der Waals surface area contributed by atoms with E-state index in [0.29, 0.717) is 17.9 Å². The van der Waals surface area contributed by atoms with Crippen LogP contribution in [0.4, 0.5) is 0 Å². The summed E-state index contributed by atoms with van der Waals surface area (Å²) in [6, 6.07) is 11.1. The average molecular weight is 295 g/mol. The lowest BCUT2D eigenvalue weighted by atomic mass is 10.1. The number of aromatic nitrogens is 1. The molecule has 0 fully saturated rings. The Balaban J connectivity index is 2.34. The molecule has 1 heterocycles. The first kappa shape index (κ1) is 15.5. The van der Waals surface area contributed by atoms with Crippen LogP contribution >= 0.6 is 0 Å². The molecule has 0 atom stereocenters. The molecule has 0 saturated carbocycles. The van der Waals surface area contributed by atoms with Crippen molar-refractivity contribution >= 4 is 6.21 Å². The Morgan fingerprint density at radius 2 is 2.00 bits per heavy atom. The first-order chi connectivity index (χ1) is 10.6. The van der Waals surface area contributed by atoms with Gasteiger partial charge in [0.25, 0.3) is 5.56 Å². The zero-order valence-corrected chi connectivity index (χ0v) is 12.8. The van der Waals surface area contributed by atoms with E-state index in [1.54, 1.807) is 26.1 Å². The van der Waals surface area contributed by atoms with E-state index < -0.39 is 5.56 Å². The molecule has 0 unspecified atom stereocenters. The predicted molar refractivity (Wildman–Crippen MR) is 85.5 cm³/mol. The minimum atomic E-state index is -0.401. The molecule has 0 aliphatic carbocycles. The maximum atomic E-state index is 12.2. The van der Waals surface area contributed by atoms with E-state index in [4.69, 9.17) is 10.00 Å². The number of hydrogen-bond donors (Lipinski definition) is 0. The smallest absolute Gasteiger partial charge is 0.289 e. The van der Waals surface area contributed by atoms with Crippen molar-refractivity contribution in [2.24, 2.45) is 5.10 Å². The summed E-state index contributed by atoms with van der Waals surface area (Å²) < 4.78 is 6.61. The number of nitriles is 1. The number of pyridine rings is 1. The van der Waals surface area contributed by atoms with Crippen LogP contribution < -0.4 is 10.3 Å². The Hall–Kier alpha value is -2.87. The van der Waals surface area contributed by atoms with Crippen LogP contribution in [0.25, 0.3) is 0 Å². The summed E-state index contributed by atoms with van der Waals surface area (Å²) in [6.07, 6.45) is 1.58. The molecule has 112 valence electrons. The SMILES string of the molecule is CCOc1ccc(/C=N\n2c(C)cc(C)c(C#N)c2=O)cc1. The van der Waals surface area contributed by atoms with Gasteiger partial charge in [0, 0.05) is 5.69 Å². The van der Waals surface area contributed by atoms with Crippen molar-refractivity contribution in [2.45, 2.75) is 20.8 Å². The van der Waals surface area contributed by atoms with Crippen molar-refractivity contribution in [3.63, 3.8) is 0 Å². The van der Waals surface area contributed by atoms with Crippen LogP contribution in [0.5, 0.6) is 5.75 Å². The van der Waals surface area contributed by atoms with E-state index in [1.807, 2.05) is 37.3 Å². The summed E-state index contributed by atoms with van der Waals surface area (Å²) in [5.41, 5.74) is 1.91. The zero-order chi connectivity index (χ0) is 16.1. The topological polar surface area (TPSA) is 67.4 Å². The second kappa shape index (κ2) is 6.72. The Labute approximate surface area is 129 Å². The van der Waals surface area contributed by atoms with Crippen molar-refractivity contribution in [2.75, 3.05) is 6.61 Å². The van der Waals surface area contributed by atoms with Gasteiger partial charge >= 0.3 is 0 Å². The molecule has 0 bridgehead atoms. The lowest BCUT2D eigenvalue weighted by Gasteiger charge is -2.06. The second-order valence-corrected chi connectivity index (χ2v) is 4.82. The summed E-state index contributed by atoms with van der Waals surface area (Å²) >= 11 is 0. The number of benzene rings is 1. The highest BCUT2D eigenvalue weighted by molar-refractivity contribution is 5.79. The van der Waals surface area contributed by atoms with E-state index >= 15 is 0 Å². The van der Waals surface area contributed by atoms with E-state index in [9.17, 15) is 4.79 Å². The van der Waals surface area contributed by atoms with Gasteiger partial charge in [0.15, 0.2) is 0 Å². The normalized spacial score (nSPS) is 10.6. The van der Waals surface area contributed by atoms with E-state index in [2.05, 4.69) is 5.10 Å². The van der Waals surface area contributed by atoms with Crippen molar-refractivity contribution in [3.05, 3.63) is 63.1 Å². The third-order valence-corrected chi connectivity index (χ3v) is 3.19. The van der Waals surface area contributed by atoms with Crippen LogP contribution in [-0.2, 0) is 0 Å². The van der Waals surface area contributed by atoms with Crippen molar-refractivity contribution in [1.29, 1.82) is 5.26 Å². The average Bonchev–Trinajstić information content (AvgIpc) is 2.49. The van der Waals surface area contributed by atoms with Gasteiger partial charge in [0.1, 0.15) is 17.4 Å². The van der Waals surface area contributed by atoms with E-state index in [-0.39, 0.29) is 5.56 Å². The number of nitrogens with zero attached hydrogens (tertiary/aromatic N) is 3. The lowest BCUT2D eigenvalue weighted by Crippen LogP contribution is -2.22. The Bertz CT molecular complexity index is 796. The fraction of sp³-hybridized carbons (Fsp3) is 0.235. The molecule has 1 aromatic carbocycles. The molecule has 22 heavy (non-hydrogen) atoms. The quantitative estimate of drug-likeness (QED) is 0.814. The molecular weight excluding hydrogens is 278 g/mol. The van der Waals surface area contributed by atoms with Crippen molar-refractivity contribution < 1.29 is 4.74 Å². The van der Waals surface area contributed by atoms with E-state index in [1.165, 1.54) is 4.68 Å². The van der Waals surface area contributed by atoms with Gasteiger partial charge in [-0.05, 0) is 62.2 Å². The van der Waals surface area contributed by atoms with Gasteiger partial charge in [-0.15, -0.1) is 0 Å². The zero-order valence-electron chi connectivity index (χ0n) is 12.8. The number of aryl methyl sites for hydroxylation is 2. The second-order valence-electron chi connectivity index (χ2n) is 4.82. The van der Waals surface area contributed by atoms with Crippen LogP contribution in [0.2, 0.25) is 0 Å². The highest BCUT2D eigenvalue weighted by Crippen LogP contribution is 2.11. The van der Waals surface area contributed by atoms with Gasteiger partial charge in [-0.1, -0.05) is 0 Å². The van der Waals surface area contributed by atoms with Crippen molar-refractivity contribution in [1.82, 2.24) is 4.68 Å². The molecule has 0 N–H and O–H groups in total. The van der Waals surface area contributed by atoms with Gasteiger partial charge in [-0.25, -0.2) is 4.68 Å². The fourth-order valence-electron chi connectivity index (χ4n) is 2.10. The van der Waals surface area contributed by atoms with Crippen LogP contribution in [0.3, 0.4) is 0 Å². The third kappa shape index (κ3) is 3.23. The fourth-order valence-corrected chi connectivity index (χ4v) is 2.10. The lowest BCUT2D eigenvalue weighted by molar-refractivity contribution is 0.340. The van der Waals surface area contributed by atoms with E-state index in [0.717, 1.165) is 11.3 Å². The standard InChI is InChI=1S/C17H17N3O2/c1-4-22-15-7-5-14(6-8-15)11-19-20-13(3)9-12(2)16(10-18)17(20)21/h5-9,11H,4H2,1-3H3/b19-11-. The Morgan fingerprint density at radius 1 is 1.32 bits per heavy atom. The van der Waals surface area contributed by atoms with Gasteiger partial charge < -0.3 is 4.74 Å². The summed E-state index contributed by atoms with van der Waals surface area (Å²) in [7, 11) is 0. The first-order valence-electron chi connectivity index (χ1n) is 6.97. The Kier molecular flexibility index (Phi) is 4.74. The first-order valence-corrected chi connectivity index (χ1v) is 6.97. The largest absolute Gasteiger partial charge is 0.494 e. The maximum absolute atomic E-state index is 12.2. The molecular formula is C17H17N3O2. The molecule has 2 rings (SSSR count). The van der Waals surface area contributed by atoms with Crippen LogP contribution in [-0.4, -0.2) is 17.5 Å². The number of hydrogen-bond acceptors (Lipinski definition) is 4. The highest BCUT2D eigenvalue weighted by Gasteiger charge is 2.08. The van der Waals surface area contributed by atoms with Gasteiger partial charge in [-0.2, -0.15) is 10.4 Å². The van der Waals surface area contributed by atoms with Crippen molar-refractivity contribution in [3.8, 4) is 11.8 Å². The van der Waals surface area contributed by atoms with Gasteiger partial charge in [0.05, 0.1) is 12.8 Å². The molecule has 0 aliphatic heterocycles. The highest BCUT2D eigenvalue weighted by atomic mass is 16.5. The summed E-state index contributed by atoms with van der Waals surface area (Å²) in [5.74, 6) is 0.787. The molecule has 0 aliphatic rings. The van der Waals surface area contributed by atoms with Gasteiger partial charge in [0.2, 0.25) is 0 Å². The molecule has 0 spiro atoms. The number of rotatable bonds is 4. The molecule has 5 nitrogen and oxygen atoms in total. The minimum Gasteiger partial charge on any atom is -0.494 e. The minimum absolute atomic E-state index is 0.120. The molecule has 2 aromatic rings. The summed E-state index contributed by atoms with van der Waals surface area (Å²) in [4.78, 5) is 12.2. The monoisotopic (exact) mass is 295 g/mol. The molecule has 0 radical (unpaired) electrons. The molecule has 5 heteroatoms. The number of ether oxygens (including phenoxy) is 1.